The fraction of sp³-hybridized carbons (Fsp3) is 0.190. The van der Waals surface area contributed by atoms with E-state index in [1.54, 1.807) is 6.20 Å². The highest BCUT2D eigenvalue weighted by Crippen LogP contribution is 2.27. The van der Waals surface area contributed by atoms with Gasteiger partial charge in [-0.15, -0.1) is 0 Å². The van der Waals surface area contributed by atoms with Crippen molar-refractivity contribution in [1.29, 1.82) is 0 Å². The molecule has 5 heteroatoms. The molecule has 132 valence electrons. The number of aromatic nitrogens is 1. The molecule has 2 aromatic rings. The first kappa shape index (κ1) is 18.7. The third-order valence-electron chi connectivity index (χ3n) is 4.34. The van der Waals surface area contributed by atoms with Gasteiger partial charge in [0.1, 0.15) is 0 Å². The van der Waals surface area contributed by atoms with Crippen LogP contribution in [-0.4, -0.2) is 15.8 Å². The van der Waals surface area contributed by atoms with Crippen LogP contribution < -0.4 is 5.32 Å². The van der Waals surface area contributed by atoms with Crippen molar-refractivity contribution in [2.24, 2.45) is 5.92 Å². The minimum absolute atomic E-state index is 0.0578. The van der Waals surface area contributed by atoms with E-state index in [2.05, 4.69) is 26.2 Å². The molecular weight excluding hydrogens is 408 g/mol. The van der Waals surface area contributed by atoms with Crippen molar-refractivity contribution in [3.63, 3.8) is 0 Å². The van der Waals surface area contributed by atoms with Crippen LogP contribution in [0.4, 0.5) is 5.69 Å². The minimum atomic E-state index is -0.290. The fourth-order valence-corrected chi connectivity index (χ4v) is 3.83. The lowest BCUT2D eigenvalue weighted by atomic mass is 9.92. The van der Waals surface area contributed by atoms with Gasteiger partial charge in [-0.1, -0.05) is 52.4 Å². The number of rotatable bonds is 4. The van der Waals surface area contributed by atoms with Crippen LogP contribution in [0.2, 0.25) is 0 Å². The van der Waals surface area contributed by atoms with Crippen LogP contribution >= 0.6 is 28.1 Å². The molecule has 0 saturated carbocycles. The van der Waals surface area contributed by atoms with Crippen molar-refractivity contribution in [2.45, 2.75) is 20.3 Å². The van der Waals surface area contributed by atoms with Crippen LogP contribution in [0.15, 0.2) is 64.8 Å². The molecule has 3 nitrogen and oxygen atoms in total. The lowest BCUT2D eigenvalue weighted by Gasteiger charge is -2.19. The Morgan fingerprint density at radius 2 is 1.92 bits per heavy atom. The molecule has 1 unspecified atom stereocenters. The van der Waals surface area contributed by atoms with Gasteiger partial charge in [-0.05, 0) is 54.8 Å². The zero-order valence-corrected chi connectivity index (χ0v) is 17.0. The summed E-state index contributed by atoms with van der Waals surface area (Å²) in [7, 11) is 0. The lowest BCUT2D eigenvalue weighted by molar-refractivity contribution is -0.118. The first-order chi connectivity index (χ1) is 12.4. The molecule has 1 aromatic heterocycles. The van der Waals surface area contributed by atoms with Crippen molar-refractivity contribution >= 4 is 44.6 Å². The lowest BCUT2D eigenvalue weighted by Crippen LogP contribution is -2.25. The van der Waals surface area contributed by atoms with E-state index in [0.29, 0.717) is 6.42 Å². The van der Waals surface area contributed by atoms with E-state index >= 15 is 0 Å². The Balaban J connectivity index is 1.71. The molecule has 0 aliphatic heterocycles. The Hall–Kier alpha value is -2.11. The Bertz CT molecular complexity index is 916. The number of carbonyl (C=O) groups is 1. The number of pyridine rings is 1. The summed E-state index contributed by atoms with van der Waals surface area (Å²) in [5, 5.41) is 2.98. The smallest absolute Gasteiger partial charge is 0.231 e. The number of amides is 1. The predicted molar refractivity (Wildman–Crippen MR) is 115 cm³/mol. The van der Waals surface area contributed by atoms with Gasteiger partial charge in [-0.2, -0.15) is 0 Å². The zero-order valence-electron chi connectivity index (χ0n) is 14.6. The number of hydrogen-bond donors (Lipinski definition) is 1. The van der Waals surface area contributed by atoms with Gasteiger partial charge in [0.2, 0.25) is 5.91 Å². The predicted octanol–water partition coefficient (Wildman–Crippen LogP) is 5.61. The maximum absolute atomic E-state index is 12.6. The third-order valence-corrected chi connectivity index (χ3v) is 5.26. The zero-order chi connectivity index (χ0) is 18.7. The molecular formula is C21H19BrN2OS. The van der Waals surface area contributed by atoms with E-state index in [-0.39, 0.29) is 11.8 Å². The van der Waals surface area contributed by atoms with Crippen molar-refractivity contribution in [3.05, 3.63) is 70.5 Å². The number of anilines is 1. The minimum Gasteiger partial charge on any atom is -0.326 e. The molecule has 1 aromatic carbocycles. The Morgan fingerprint density at radius 3 is 2.58 bits per heavy atom. The second-order valence-electron chi connectivity index (χ2n) is 6.31. The Morgan fingerprint density at radius 1 is 1.19 bits per heavy atom. The SMILES string of the molecule is Cc1cc(-c2ccc(NC(=O)C(C)C3=CC=C(Br)CC3=S)cc2)ccn1. The number of hydrogen-bond acceptors (Lipinski definition) is 3. The van der Waals surface area contributed by atoms with Gasteiger partial charge >= 0.3 is 0 Å². The van der Waals surface area contributed by atoms with Gasteiger partial charge in [0.05, 0.1) is 5.92 Å². The molecule has 1 amide bonds. The second kappa shape index (κ2) is 8.06. The molecule has 3 rings (SSSR count). The summed E-state index contributed by atoms with van der Waals surface area (Å²) >= 11 is 8.87. The Kier molecular flexibility index (Phi) is 5.79. The highest BCUT2D eigenvalue weighted by Gasteiger charge is 2.22. The Labute approximate surface area is 167 Å². The number of allylic oxidation sites excluding steroid dienone is 3. The molecule has 1 N–H and O–H groups in total. The van der Waals surface area contributed by atoms with E-state index in [0.717, 1.165) is 37.4 Å². The molecule has 1 aliphatic carbocycles. The molecule has 26 heavy (non-hydrogen) atoms. The van der Waals surface area contributed by atoms with Crippen LogP contribution in [0.5, 0.6) is 0 Å². The summed E-state index contributed by atoms with van der Waals surface area (Å²) in [6.07, 6.45) is 6.36. The van der Waals surface area contributed by atoms with Gasteiger partial charge in [-0.25, -0.2) is 0 Å². The summed E-state index contributed by atoms with van der Waals surface area (Å²) in [6, 6.07) is 11.8. The van der Waals surface area contributed by atoms with Crippen LogP contribution in [0, 0.1) is 12.8 Å². The molecule has 0 spiro atoms. The van der Waals surface area contributed by atoms with Gasteiger partial charge in [-0.3, -0.25) is 9.78 Å². The average molecular weight is 427 g/mol. The van der Waals surface area contributed by atoms with Crippen LogP contribution in [0.25, 0.3) is 11.1 Å². The van der Waals surface area contributed by atoms with Crippen molar-refractivity contribution in [1.82, 2.24) is 4.98 Å². The number of aryl methyl sites for hydroxylation is 1. The molecule has 0 saturated heterocycles. The number of benzene rings is 1. The highest BCUT2D eigenvalue weighted by atomic mass is 79.9. The van der Waals surface area contributed by atoms with Crippen LogP contribution in [0.3, 0.4) is 0 Å². The van der Waals surface area contributed by atoms with Crippen molar-refractivity contribution in [3.8, 4) is 11.1 Å². The normalized spacial score (nSPS) is 15.1. The van der Waals surface area contributed by atoms with Crippen molar-refractivity contribution in [2.75, 3.05) is 5.32 Å². The molecule has 0 bridgehead atoms. The number of halogens is 1. The fourth-order valence-electron chi connectivity index (χ4n) is 2.84. The first-order valence-corrected chi connectivity index (χ1v) is 9.57. The van der Waals surface area contributed by atoms with Gasteiger partial charge in [0.25, 0.3) is 0 Å². The van der Waals surface area contributed by atoms with Crippen LogP contribution in [0.1, 0.15) is 19.0 Å². The van der Waals surface area contributed by atoms with E-state index < -0.39 is 0 Å². The van der Waals surface area contributed by atoms with E-state index in [4.69, 9.17) is 12.2 Å². The molecule has 1 heterocycles. The highest BCUT2D eigenvalue weighted by molar-refractivity contribution is 9.11. The first-order valence-electron chi connectivity index (χ1n) is 8.37. The van der Waals surface area contributed by atoms with Crippen molar-refractivity contribution < 1.29 is 4.79 Å². The van der Waals surface area contributed by atoms with Gasteiger partial charge < -0.3 is 5.32 Å². The van der Waals surface area contributed by atoms with E-state index in [1.165, 1.54) is 0 Å². The van der Waals surface area contributed by atoms with Crippen LogP contribution in [-0.2, 0) is 4.79 Å². The molecule has 0 radical (unpaired) electrons. The molecule has 0 fully saturated rings. The topological polar surface area (TPSA) is 42.0 Å². The van der Waals surface area contributed by atoms with Gasteiger partial charge in [0, 0.05) is 33.3 Å². The monoisotopic (exact) mass is 426 g/mol. The number of nitrogens with one attached hydrogen (secondary N) is 1. The number of thiocarbonyl (C=S) groups is 1. The summed E-state index contributed by atoms with van der Waals surface area (Å²) < 4.78 is 1.04. The number of nitrogens with zero attached hydrogens (tertiary/aromatic N) is 1. The van der Waals surface area contributed by atoms with Gasteiger partial charge in [0.15, 0.2) is 0 Å². The number of carbonyl (C=O) groups excluding carboxylic acids is 1. The largest absolute Gasteiger partial charge is 0.326 e. The summed E-state index contributed by atoms with van der Waals surface area (Å²) in [5.74, 6) is -0.348. The average Bonchev–Trinajstić information content (AvgIpc) is 2.62. The van der Waals surface area contributed by atoms with E-state index in [9.17, 15) is 4.79 Å². The third kappa shape index (κ3) is 4.34. The molecule has 1 atom stereocenters. The summed E-state index contributed by atoms with van der Waals surface area (Å²) in [6.45, 7) is 3.85. The standard InChI is InChI=1S/C21H19BrN2OS/c1-13-11-16(9-10-23-13)15-3-6-18(7-4-15)24-21(25)14(2)19-8-5-17(22)12-20(19)26/h3-11,14H,12H2,1-2H3,(H,24,25). The molecule has 1 aliphatic rings. The van der Waals surface area contributed by atoms with E-state index in [1.807, 2.05) is 62.4 Å². The quantitative estimate of drug-likeness (QED) is 0.645. The summed E-state index contributed by atoms with van der Waals surface area (Å²) in [4.78, 5) is 17.6. The second-order valence-corrected chi connectivity index (χ2v) is 7.82. The maximum Gasteiger partial charge on any atom is 0.231 e. The summed E-state index contributed by atoms with van der Waals surface area (Å²) in [5.41, 5.74) is 4.86. The maximum atomic E-state index is 12.6.